The van der Waals surface area contributed by atoms with Gasteiger partial charge in [0.15, 0.2) is 9.79 Å². The van der Waals surface area contributed by atoms with Crippen molar-refractivity contribution < 1.29 is 0 Å². The van der Waals surface area contributed by atoms with Crippen molar-refractivity contribution in [3.05, 3.63) is 82.3 Å². The van der Waals surface area contributed by atoms with Gasteiger partial charge in [-0.05, 0) is 57.5 Å². The lowest BCUT2D eigenvalue weighted by molar-refractivity contribution is 0.946. The highest BCUT2D eigenvalue weighted by Gasteiger charge is 2.31. The minimum Gasteiger partial charge on any atom is -0.0727 e. The molecule has 0 saturated carbocycles. The minimum absolute atomic E-state index is 0.0474. The number of benzene rings is 2. The summed E-state index contributed by atoms with van der Waals surface area (Å²) in [6.45, 7) is 6.53. The zero-order valence-corrected chi connectivity index (χ0v) is 14.4. The molecule has 0 unspecified atom stereocenters. The molecule has 0 aromatic heterocycles. The number of hydrogen-bond donors (Lipinski definition) is 0. The molecule has 1 aliphatic rings. The summed E-state index contributed by atoms with van der Waals surface area (Å²) in [5.41, 5.74) is 4.13. The van der Waals surface area contributed by atoms with Crippen molar-refractivity contribution in [2.75, 3.05) is 0 Å². The van der Waals surface area contributed by atoms with Gasteiger partial charge in [-0.25, -0.2) is 0 Å². The van der Waals surface area contributed by atoms with Crippen LogP contribution in [0.3, 0.4) is 0 Å². The van der Waals surface area contributed by atoms with Crippen molar-refractivity contribution in [1.29, 1.82) is 0 Å². The van der Waals surface area contributed by atoms with Crippen LogP contribution in [0.5, 0.6) is 0 Å². The zero-order valence-electron chi connectivity index (χ0n) is 13.6. The van der Waals surface area contributed by atoms with Crippen LogP contribution in [0, 0.1) is 13.8 Å². The van der Waals surface area contributed by atoms with Gasteiger partial charge in [0, 0.05) is 6.42 Å². The fourth-order valence-electron chi connectivity index (χ4n) is 2.68. The molecule has 0 heterocycles. The van der Waals surface area contributed by atoms with Gasteiger partial charge in [-0.2, -0.15) is 0 Å². The molecule has 0 spiro atoms. The van der Waals surface area contributed by atoms with Gasteiger partial charge in [-0.3, -0.25) is 0 Å². The Bertz CT molecular complexity index is 657. The molecule has 2 aromatic carbocycles. The lowest BCUT2D eigenvalue weighted by Gasteiger charge is -2.14. The van der Waals surface area contributed by atoms with Crippen molar-refractivity contribution in [2.45, 2.75) is 43.4 Å². The van der Waals surface area contributed by atoms with E-state index >= 15 is 0 Å². The summed E-state index contributed by atoms with van der Waals surface area (Å²) >= 11 is 0. The van der Waals surface area contributed by atoms with E-state index in [0.29, 0.717) is 0 Å². The third kappa shape index (κ3) is 3.36. The van der Waals surface area contributed by atoms with Gasteiger partial charge in [0.1, 0.15) is 4.91 Å². The average Bonchev–Trinajstić information content (AvgIpc) is 2.53. The molecule has 0 amide bonds. The fraction of sp³-hybridized carbons (Fsp3) is 0.238. The lowest BCUT2D eigenvalue weighted by atomic mass is 10.1. The Hall–Kier alpha value is -1.73. The molecule has 1 aliphatic carbocycles. The maximum atomic E-state index is 2.35. The van der Waals surface area contributed by atoms with E-state index in [9.17, 15) is 0 Å². The Labute approximate surface area is 136 Å². The molecule has 2 aromatic rings. The van der Waals surface area contributed by atoms with Crippen LogP contribution in [0.25, 0.3) is 0 Å². The normalized spacial score (nSPS) is 14.7. The Morgan fingerprint density at radius 1 is 0.636 bits per heavy atom. The SMILES string of the molecule is CC1=CC=C([S+](c2ccc(C)cc2)c2ccc(C)cc2)CC1. The van der Waals surface area contributed by atoms with Crippen LogP contribution in [-0.4, -0.2) is 0 Å². The molecule has 0 fully saturated rings. The Kier molecular flexibility index (Phi) is 4.54. The molecule has 3 rings (SSSR count). The summed E-state index contributed by atoms with van der Waals surface area (Å²) in [5.74, 6) is 0. The van der Waals surface area contributed by atoms with Crippen LogP contribution >= 0.6 is 0 Å². The Morgan fingerprint density at radius 3 is 1.55 bits per heavy atom. The predicted octanol–water partition coefficient (Wildman–Crippen LogP) is 5.96. The fourth-order valence-corrected chi connectivity index (χ4v) is 4.88. The zero-order chi connectivity index (χ0) is 15.5. The van der Waals surface area contributed by atoms with Crippen LogP contribution < -0.4 is 0 Å². The first-order valence-corrected chi connectivity index (χ1v) is 9.10. The second kappa shape index (κ2) is 6.58. The third-order valence-corrected chi connectivity index (χ3v) is 6.45. The maximum absolute atomic E-state index is 2.35. The van der Waals surface area contributed by atoms with Crippen molar-refractivity contribution >= 4 is 10.9 Å². The van der Waals surface area contributed by atoms with E-state index in [0.717, 1.165) is 0 Å². The van der Waals surface area contributed by atoms with Crippen molar-refractivity contribution in [3.8, 4) is 0 Å². The van der Waals surface area contributed by atoms with Crippen molar-refractivity contribution in [1.82, 2.24) is 0 Å². The van der Waals surface area contributed by atoms with Gasteiger partial charge in [0.05, 0.1) is 10.9 Å². The first-order chi connectivity index (χ1) is 10.6. The van der Waals surface area contributed by atoms with Crippen LogP contribution in [0.15, 0.2) is 81.0 Å². The summed E-state index contributed by atoms with van der Waals surface area (Å²) in [6.07, 6.45) is 7.00. The topological polar surface area (TPSA) is 0 Å². The third-order valence-electron chi connectivity index (χ3n) is 4.10. The van der Waals surface area contributed by atoms with E-state index in [-0.39, 0.29) is 10.9 Å². The first kappa shape index (κ1) is 15.2. The number of rotatable bonds is 3. The van der Waals surface area contributed by atoms with Gasteiger partial charge >= 0.3 is 0 Å². The maximum Gasteiger partial charge on any atom is 0.166 e. The molecule has 112 valence electrons. The molecule has 0 saturated heterocycles. The van der Waals surface area contributed by atoms with E-state index in [2.05, 4.69) is 81.5 Å². The van der Waals surface area contributed by atoms with E-state index in [4.69, 9.17) is 0 Å². The van der Waals surface area contributed by atoms with Gasteiger partial charge in [-0.15, -0.1) is 0 Å². The summed E-state index contributed by atoms with van der Waals surface area (Å²) in [7, 11) is 0.0474. The lowest BCUT2D eigenvalue weighted by Crippen LogP contribution is -2.09. The minimum atomic E-state index is 0.0474. The molecule has 0 bridgehead atoms. The largest absolute Gasteiger partial charge is 0.166 e. The number of hydrogen-bond acceptors (Lipinski definition) is 0. The van der Waals surface area contributed by atoms with Crippen LogP contribution in [0.1, 0.15) is 30.9 Å². The average molecular weight is 307 g/mol. The van der Waals surface area contributed by atoms with E-state index in [1.807, 2.05) is 0 Å². The van der Waals surface area contributed by atoms with Crippen molar-refractivity contribution in [3.63, 3.8) is 0 Å². The quantitative estimate of drug-likeness (QED) is 0.613. The molecule has 0 N–H and O–H groups in total. The second-order valence-corrected chi connectivity index (χ2v) is 8.16. The van der Waals surface area contributed by atoms with E-state index < -0.39 is 0 Å². The predicted molar refractivity (Wildman–Crippen MR) is 97.3 cm³/mol. The van der Waals surface area contributed by atoms with Crippen LogP contribution in [0.4, 0.5) is 0 Å². The van der Waals surface area contributed by atoms with Gasteiger partial charge in [0.25, 0.3) is 0 Å². The molecule has 22 heavy (non-hydrogen) atoms. The van der Waals surface area contributed by atoms with Crippen molar-refractivity contribution in [2.24, 2.45) is 0 Å². The summed E-state index contributed by atoms with van der Waals surface area (Å²) in [4.78, 5) is 4.40. The number of allylic oxidation sites excluding steroid dienone is 4. The Morgan fingerprint density at radius 2 is 1.14 bits per heavy atom. The molecule has 0 aliphatic heterocycles. The molecule has 0 radical (unpaired) electrons. The highest BCUT2D eigenvalue weighted by Crippen LogP contribution is 2.35. The highest BCUT2D eigenvalue weighted by molar-refractivity contribution is 8.00. The molecule has 0 atom stereocenters. The second-order valence-electron chi connectivity index (χ2n) is 6.08. The number of aryl methyl sites for hydroxylation is 2. The van der Waals surface area contributed by atoms with Crippen LogP contribution in [-0.2, 0) is 10.9 Å². The molecule has 1 heteroatoms. The van der Waals surface area contributed by atoms with E-state index in [1.54, 1.807) is 4.91 Å². The Balaban J connectivity index is 2.06. The smallest absolute Gasteiger partial charge is 0.0727 e. The van der Waals surface area contributed by atoms with Gasteiger partial charge in [-0.1, -0.05) is 47.0 Å². The van der Waals surface area contributed by atoms with Gasteiger partial charge in [0.2, 0.25) is 0 Å². The van der Waals surface area contributed by atoms with Crippen LogP contribution in [0.2, 0.25) is 0 Å². The summed E-state index contributed by atoms with van der Waals surface area (Å²) in [5, 5.41) is 0. The monoisotopic (exact) mass is 307 g/mol. The molecular weight excluding hydrogens is 284 g/mol. The van der Waals surface area contributed by atoms with E-state index in [1.165, 1.54) is 39.3 Å². The van der Waals surface area contributed by atoms with Gasteiger partial charge < -0.3 is 0 Å². The molecule has 0 nitrogen and oxygen atoms in total. The summed E-state index contributed by atoms with van der Waals surface area (Å²) in [6, 6.07) is 18.1. The highest BCUT2D eigenvalue weighted by atomic mass is 32.2. The summed E-state index contributed by atoms with van der Waals surface area (Å²) < 4.78 is 0. The first-order valence-electron chi connectivity index (χ1n) is 7.87. The standard InChI is InChI=1S/C21H23S/c1-16-4-10-19(11-5-16)22(20-12-6-17(2)7-13-20)21-14-8-18(3)9-15-21/h4-8,10-14H,9,15H2,1-3H3/q+1. The molecular formula is C21H23S+.